The molecule has 2 aliphatic heterocycles. The minimum absolute atomic E-state index is 0.0365. The number of rotatable bonds is 2. The Morgan fingerprint density at radius 2 is 2.35 bits per heavy atom. The van der Waals surface area contributed by atoms with Crippen LogP contribution in [-0.2, 0) is 9.53 Å². The van der Waals surface area contributed by atoms with E-state index in [4.69, 9.17) is 10.5 Å². The average molecular weight is 241 g/mol. The largest absolute Gasteiger partial charge is 0.375 e. The Balaban J connectivity index is 1.92. The molecule has 0 aromatic carbocycles. The molecule has 2 unspecified atom stereocenters. The Hall–Kier alpha value is -0.650. The molecule has 4 atom stereocenters. The predicted octanol–water partition coefficient (Wildman–Crippen LogP) is -0.441. The fraction of sp³-hybridized carbons (Fsp3) is 0.917. The first-order chi connectivity index (χ1) is 8.09. The number of hydrogen-bond donors (Lipinski definition) is 2. The summed E-state index contributed by atoms with van der Waals surface area (Å²) in [5.41, 5.74) is 5.89. The summed E-state index contributed by atoms with van der Waals surface area (Å²) in [7, 11) is 0. The molecule has 0 spiro atoms. The first kappa shape index (κ1) is 12.8. The van der Waals surface area contributed by atoms with Gasteiger partial charge in [-0.1, -0.05) is 0 Å². The van der Waals surface area contributed by atoms with Gasteiger partial charge in [0, 0.05) is 25.7 Å². The van der Waals surface area contributed by atoms with E-state index >= 15 is 0 Å². The molecule has 0 radical (unpaired) electrons. The molecule has 1 amide bonds. The van der Waals surface area contributed by atoms with Gasteiger partial charge >= 0.3 is 0 Å². The summed E-state index contributed by atoms with van der Waals surface area (Å²) in [6, 6.07) is -0.0173. The van der Waals surface area contributed by atoms with Crippen molar-refractivity contribution in [3.63, 3.8) is 0 Å². The standard InChI is InChI=1S/C12H23N3O2/c1-8(13)10-3-5-15(7-10)12(16)11-9(2)17-6-4-14-11/h8-11,14H,3-7,13H2,1-2H3/t8?,9-,10?,11+/m1/s1. The Kier molecular flexibility index (Phi) is 4.01. The van der Waals surface area contributed by atoms with Crippen molar-refractivity contribution in [2.24, 2.45) is 11.7 Å². The third kappa shape index (κ3) is 2.78. The maximum atomic E-state index is 12.3. The normalized spacial score (nSPS) is 35.9. The third-order valence-corrected chi connectivity index (χ3v) is 3.86. The summed E-state index contributed by atoms with van der Waals surface area (Å²) in [6.07, 6.45) is 0.983. The Bertz CT molecular complexity index is 283. The van der Waals surface area contributed by atoms with Gasteiger partial charge in [0.05, 0.1) is 12.7 Å². The van der Waals surface area contributed by atoms with Crippen LogP contribution in [0.2, 0.25) is 0 Å². The van der Waals surface area contributed by atoms with Crippen LogP contribution in [0.25, 0.3) is 0 Å². The highest BCUT2D eigenvalue weighted by Crippen LogP contribution is 2.20. The molecule has 17 heavy (non-hydrogen) atoms. The Morgan fingerprint density at radius 3 is 2.94 bits per heavy atom. The minimum atomic E-state index is -0.185. The van der Waals surface area contributed by atoms with Crippen molar-refractivity contribution in [3.8, 4) is 0 Å². The summed E-state index contributed by atoms with van der Waals surface area (Å²) >= 11 is 0. The van der Waals surface area contributed by atoms with E-state index in [2.05, 4.69) is 5.32 Å². The highest BCUT2D eigenvalue weighted by Gasteiger charge is 2.35. The van der Waals surface area contributed by atoms with Gasteiger partial charge in [0.15, 0.2) is 0 Å². The summed E-state index contributed by atoms with van der Waals surface area (Å²) in [5.74, 6) is 0.610. The van der Waals surface area contributed by atoms with Crippen LogP contribution in [0.4, 0.5) is 0 Å². The highest BCUT2D eigenvalue weighted by atomic mass is 16.5. The number of hydrogen-bond acceptors (Lipinski definition) is 4. The van der Waals surface area contributed by atoms with Crippen molar-refractivity contribution in [2.45, 2.75) is 38.5 Å². The van der Waals surface area contributed by atoms with E-state index in [9.17, 15) is 4.79 Å². The van der Waals surface area contributed by atoms with E-state index in [-0.39, 0.29) is 24.1 Å². The van der Waals surface area contributed by atoms with Crippen molar-refractivity contribution >= 4 is 5.91 Å². The third-order valence-electron chi connectivity index (χ3n) is 3.86. The number of likely N-dealkylation sites (tertiary alicyclic amines) is 1. The topological polar surface area (TPSA) is 67.6 Å². The molecule has 2 aliphatic rings. The summed E-state index contributed by atoms with van der Waals surface area (Å²) in [5, 5.41) is 3.24. The van der Waals surface area contributed by atoms with Gasteiger partial charge in [-0.2, -0.15) is 0 Å². The van der Waals surface area contributed by atoms with Crippen LogP contribution in [0.3, 0.4) is 0 Å². The van der Waals surface area contributed by atoms with Crippen molar-refractivity contribution < 1.29 is 9.53 Å². The van der Waals surface area contributed by atoms with E-state index in [1.807, 2.05) is 18.7 Å². The first-order valence-corrected chi connectivity index (χ1v) is 6.49. The molecule has 0 aromatic rings. The number of carbonyl (C=O) groups is 1. The van der Waals surface area contributed by atoms with Gasteiger partial charge in [0.2, 0.25) is 5.91 Å². The smallest absolute Gasteiger partial charge is 0.242 e. The predicted molar refractivity (Wildman–Crippen MR) is 65.5 cm³/mol. The van der Waals surface area contributed by atoms with Crippen LogP contribution >= 0.6 is 0 Å². The van der Waals surface area contributed by atoms with E-state index in [0.29, 0.717) is 12.5 Å². The molecular weight excluding hydrogens is 218 g/mol. The second-order valence-electron chi connectivity index (χ2n) is 5.20. The molecule has 0 aliphatic carbocycles. The fourth-order valence-electron chi connectivity index (χ4n) is 2.62. The van der Waals surface area contributed by atoms with Gasteiger partial charge < -0.3 is 20.7 Å². The van der Waals surface area contributed by atoms with Gasteiger partial charge in [-0.3, -0.25) is 4.79 Å². The van der Waals surface area contributed by atoms with Gasteiger partial charge in [0.1, 0.15) is 6.04 Å². The maximum Gasteiger partial charge on any atom is 0.242 e. The molecule has 3 N–H and O–H groups in total. The molecular formula is C12H23N3O2. The average Bonchev–Trinajstić information content (AvgIpc) is 2.78. The zero-order valence-electron chi connectivity index (χ0n) is 10.7. The lowest BCUT2D eigenvalue weighted by atomic mass is 10.0. The second-order valence-corrected chi connectivity index (χ2v) is 5.20. The summed E-state index contributed by atoms with van der Waals surface area (Å²) < 4.78 is 5.51. The quantitative estimate of drug-likeness (QED) is 0.688. The number of carbonyl (C=O) groups excluding carboxylic acids is 1. The number of nitrogens with zero attached hydrogens (tertiary/aromatic N) is 1. The van der Waals surface area contributed by atoms with Crippen LogP contribution in [0.1, 0.15) is 20.3 Å². The number of nitrogens with two attached hydrogens (primary N) is 1. The van der Waals surface area contributed by atoms with Crippen molar-refractivity contribution in [2.75, 3.05) is 26.2 Å². The zero-order valence-corrected chi connectivity index (χ0v) is 10.7. The molecule has 5 heteroatoms. The van der Waals surface area contributed by atoms with Crippen LogP contribution in [0, 0.1) is 5.92 Å². The van der Waals surface area contributed by atoms with Gasteiger partial charge in [-0.25, -0.2) is 0 Å². The Labute approximate surface area is 103 Å². The molecule has 98 valence electrons. The summed E-state index contributed by atoms with van der Waals surface area (Å²) in [4.78, 5) is 14.2. The molecule has 0 bridgehead atoms. The van der Waals surface area contributed by atoms with Gasteiger partial charge in [-0.05, 0) is 26.2 Å². The zero-order chi connectivity index (χ0) is 12.4. The molecule has 0 saturated carbocycles. The van der Waals surface area contributed by atoms with Gasteiger partial charge in [-0.15, -0.1) is 0 Å². The highest BCUT2D eigenvalue weighted by molar-refractivity contribution is 5.83. The van der Waals surface area contributed by atoms with Crippen molar-refractivity contribution in [1.82, 2.24) is 10.2 Å². The second kappa shape index (κ2) is 5.33. The van der Waals surface area contributed by atoms with E-state index in [1.54, 1.807) is 0 Å². The maximum absolute atomic E-state index is 12.3. The SMILES string of the molecule is CC(N)C1CCN(C(=O)[C@H]2NCCO[C@@H]2C)C1. The fourth-order valence-corrected chi connectivity index (χ4v) is 2.62. The van der Waals surface area contributed by atoms with Crippen LogP contribution in [0.5, 0.6) is 0 Å². The molecule has 2 rings (SSSR count). The molecule has 5 nitrogen and oxygen atoms in total. The van der Waals surface area contributed by atoms with Crippen LogP contribution in [-0.4, -0.2) is 55.2 Å². The lowest BCUT2D eigenvalue weighted by Crippen LogP contribution is -2.56. The van der Waals surface area contributed by atoms with E-state index in [1.165, 1.54) is 0 Å². The van der Waals surface area contributed by atoms with Crippen LogP contribution in [0.15, 0.2) is 0 Å². The molecule has 2 fully saturated rings. The summed E-state index contributed by atoms with van der Waals surface area (Å²) in [6.45, 7) is 7.03. The number of amides is 1. The molecule has 2 heterocycles. The minimum Gasteiger partial charge on any atom is -0.375 e. The van der Waals surface area contributed by atoms with Crippen molar-refractivity contribution in [1.29, 1.82) is 0 Å². The van der Waals surface area contributed by atoms with Crippen molar-refractivity contribution in [3.05, 3.63) is 0 Å². The Morgan fingerprint density at radius 1 is 1.59 bits per heavy atom. The first-order valence-electron chi connectivity index (χ1n) is 6.49. The van der Waals surface area contributed by atoms with E-state index in [0.717, 1.165) is 26.1 Å². The lowest BCUT2D eigenvalue weighted by Gasteiger charge is -2.32. The van der Waals surface area contributed by atoms with Gasteiger partial charge in [0.25, 0.3) is 0 Å². The monoisotopic (exact) mass is 241 g/mol. The molecule has 0 aromatic heterocycles. The van der Waals surface area contributed by atoms with Crippen LogP contribution < -0.4 is 11.1 Å². The van der Waals surface area contributed by atoms with E-state index < -0.39 is 0 Å². The number of ether oxygens (including phenoxy) is 1. The number of nitrogens with one attached hydrogen (secondary N) is 1. The lowest BCUT2D eigenvalue weighted by molar-refractivity contribution is -0.138. The molecule has 2 saturated heterocycles. The number of morpholine rings is 1.